The van der Waals surface area contributed by atoms with Gasteiger partial charge in [0.1, 0.15) is 5.75 Å². The van der Waals surface area contributed by atoms with E-state index in [4.69, 9.17) is 4.74 Å². The molecule has 0 amide bonds. The number of hydrogen-bond acceptors (Lipinski definition) is 2. The molecule has 18 heavy (non-hydrogen) atoms. The van der Waals surface area contributed by atoms with Crippen LogP contribution in [-0.4, -0.2) is 4.98 Å². The highest BCUT2D eigenvalue weighted by Crippen LogP contribution is 2.27. The number of aromatic nitrogens is 1. The van der Waals surface area contributed by atoms with E-state index in [1.807, 2.05) is 6.92 Å². The zero-order chi connectivity index (χ0) is 13.3. The number of nitrogens with zero attached hydrogens (tertiary/aromatic N) is 1. The fourth-order valence-electron chi connectivity index (χ4n) is 1.29. The van der Waals surface area contributed by atoms with Gasteiger partial charge in [0.25, 0.3) is 11.8 Å². The predicted octanol–water partition coefficient (Wildman–Crippen LogP) is 4.36. The Balaban J connectivity index is 2.34. The molecular weight excluding hydrogens is 311 g/mol. The van der Waals surface area contributed by atoms with Crippen molar-refractivity contribution in [3.05, 3.63) is 51.9 Å². The van der Waals surface area contributed by atoms with E-state index in [-0.39, 0.29) is 5.75 Å². The van der Waals surface area contributed by atoms with Crippen molar-refractivity contribution in [3.8, 4) is 11.6 Å². The molecule has 1 aromatic carbocycles. The molecule has 0 fully saturated rings. The molecular formula is C12H7BrF3NO. The van der Waals surface area contributed by atoms with E-state index in [2.05, 4.69) is 20.9 Å². The molecule has 0 N–H and O–H groups in total. The van der Waals surface area contributed by atoms with Gasteiger partial charge in [-0.15, -0.1) is 0 Å². The number of benzene rings is 1. The van der Waals surface area contributed by atoms with Gasteiger partial charge in [0.05, 0.1) is 0 Å². The summed E-state index contributed by atoms with van der Waals surface area (Å²) in [6.45, 7) is 1.81. The average Bonchev–Trinajstić information content (AvgIpc) is 2.31. The molecule has 2 nitrogen and oxygen atoms in total. The van der Waals surface area contributed by atoms with Crippen LogP contribution in [0.5, 0.6) is 11.6 Å². The number of aryl methyl sites for hydroxylation is 1. The van der Waals surface area contributed by atoms with Crippen LogP contribution in [0.1, 0.15) is 5.56 Å². The normalized spacial score (nSPS) is 10.5. The molecule has 94 valence electrons. The summed E-state index contributed by atoms with van der Waals surface area (Å²) in [5.41, 5.74) is 0.857. The molecule has 0 atom stereocenters. The Morgan fingerprint density at radius 1 is 1.11 bits per heavy atom. The highest BCUT2D eigenvalue weighted by Gasteiger charge is 2.13. The van der Waals surface area contributed by atoms with E-state index in [0.29, 0.717) is 6.07 Å². The van der Waals surface area contributed by atoms with Crippen molar-refractivity contribution in [2.24, 2.45) is 0 Å². The lowest BCUT2D eigenvalue weighted by Crippen LogP contribution is -1.98. The summed E-state index contributed by atoms with van der Waals surface area (Å²) in [7, 11) is 0. The summed E-state index contributed by atoms with van der Waals surface area (Å²) in [4.78, 5) is 3.07. The first-order valence-electron chi connectivity index (χ1n) is 4.93. The van der Waals surface area contributed by atoms with Crippen LogP contribution < -0.4 is 4.74 Å². The molecule has 0 bridgehead atoms. The maximum atomic E-state index is 13.3. The van der Waals surface area contributed by atoms with Crippen molar-refractivity contribution in [2.75, 3.05) is 0 Å². The lowest BCUT2D eigenvalue weighted by atomic mass is 10.2. The van der Waals surface area contributed by atoms with Crippen LogP contribution in [0.15, 0.2) is 28.7 Å². The molecule has 6 heteroatoms. The minimum atomic E-state index is -1.40. The van der Waals surface area contributed by atoms with E-state index in [0.717, 1.165) is 10.0 Å². The molecule has 0 radical (unpaired) electrons. The Morgan fingerprint density at radius 2 is 1.83 bits per heavy atom. The Kier molecular flexibility index (Phi) is 3.56. The van der Waals surface area contributed by atoms with Gasteiger partial charge in [0, 0.05) is 10.5 Å². The maximum Gasteiger partial charge on any atom is 0.258 e. The Hall–Kier alpha value is -1.56. The first-order chi connectivity index (χ1) is 8.47. The van der Waals surface area contributed by atoms with Gasteiger partial charge < -0.3 is 4.74 Å². The van der Waals surface area contributed by atoms with Crippen molar-refractivity contribution in [1.29, 1.82) is 0 Å². The minimum Gasteiger partial charge on any atom is -0.436 e. The van der Waals surface area contributed by atoms with E-state index < -0.39 is 23.5 Å². The Morgan fingerprint density at radius 3 is 2.50 bits per heavy atom. The van der Waals surface area contributed by atoms with Crippen molar-refractivity contribution >= 4 is 15.9 Å². The maximum absolute atomic E-state index is 13.3. The first-order valence-corrected chi connectivity index (χ1v) is 5.72. The highest BCUT2D eigenvalue weighted by molar-refractivity contribution is 9.10. The monoisotopic (exact) mass is 317 g/mol. The second-order valence-corrected chi connectivity index (χ2v) is 4.42. The van der Waals surface area contributed by atoms with Gasteiger partial charge in [-0.3, -0.25) is 0 Å². The van der Waals surface area contributed by atoms with Crippen molar-refractivity contribution < 1.29 is 17.9 Å². The molecule has 0 saturated carbocycles. The molecule has 1 aromatic heterocycles. The topological polar surface area (TPSA) is 22.1 Å². The summed E-state index contributed by atoms with van der Waals surface area (Å²) in [6.07, 6.45) is 0. The van der Waals surface area contributed by atoms with E-state index in [1.165, 1.54) is 0 Å². The van der Waals surface area contributed by atoms with E-state index >= 15 is 0 Å². The van der Waals surface area contributed by atoms with Crippen LogP contribution in [0.2, 0.25) is 0 Å². The number of ether oxygens (including phenoxy) is 1. The van der Waals surface area contributed by atoms with Gasteiger partial charge in [-0.2, -0.15) is 9.37 Å². The summed E-state index contributed by atoms with van der Waals surface area (Å²) >= 11 is 3.30. The van der Waals surface area contributed by atoms with Crippen LogP contribution in [0.4, 0.5) is 13.2 Å². The summed E-state index contributed by atoms with van der Waals surface area (Å²) in [5.74, 6) is -4.13. The quantitative estimate of drug-likeness (QED) is 0.768. The highest BCUT2D eigenvalue weighted by atomic mass is 79.9. The lowest BCUT2D eigenvalue weighted by molar-refractivity contribution is 0.387. The van der Waals surface area contributed by atoms with Gasteiger partial charge in [-0.1, -0.05) is 15.9 Å². The van der Waals surface area contributed by atoms with Crippen LogP contribution in [-0.2, 0) is 0 Å². The largest absolute Gasteiger partial charge is 0.436 e. The molecule has 0 aliphatic carbocycles. The second-order valence-electron chi connectivity index (χ2n) is 3.56. The Labute approximate surface area is 110 Å². The van der Waals surface area contributed by atoms with Crippen LogP contribution in [0.25, 0.3) is 0 Å². The fraction of sp³-hybridized carbons (Fsp3) is 0.0833. The lowest BCUT2D eigenvalue weighted by Gasteiger charge is -2.07. The van der Waals surface area contributed by atoms with Crippen LogP contribution >= 0.6 is 15.9 Å². The standard InChI is InChI=1S/C12H7BrF3NO/c1-6-4-7(2-3-8(6)13)18-12-10(15)5-9(14)11(16)17-12/h2-5H,1H3. The zero-order valence-corrected chi connectivity index (χ0v) is 10.8. The number of rotatable bonds is 2. The van der Waals surface area contributed by atoms with Crippen molar-refractivity contribution in [2.45, 2.75) is 6.92 Å². The number of pyridine rings is 1. The summed E-state index contributed by atoms with van der Waals surface area (Å²) in [6, 6.07) is 5.26. The second kappa shape index (κ2) is 4.97. The van der Waals surface area contributed by atoms with Crippen molar-refractivity contribution in [3.63, 3.8) is 0 Å². The zero-order valence-electron chi connectivity index (χ0n) is 9.18. The van der Waals surface area contributed by atoms with Gasteiger partial charge in [-0.25, -0.2) is 8.78 Å². The molecule has 0 aliphatic rings. The van der Waals surface area contributed by atoms with E-state index in [1.54, 1.807) is 18.2 Å². The third kappa shape index (κ3) is 2.64. The molecule has 0 aliphatic heterocycles. The fourth-order valence-corrected chi connectivity index (χ4v) is 1.54. The smallest absolute Gasteiger partial charge is 0.258 e. The number of hydrogen-bond donors (Lipinski definition) is 0. The van der Waals surface area contributed by atoms with E-state index in [9.17, 15) is 13.2 Å². The third-order valence-corrected chi connectivity index (χ3v) is 3.09. The van der Waals surface area contributed by atoms with Gasteiger partial charge >= 0.3 is 0 Å². The third-order valence-electron chi connectivity index (χ3n) is 2.20. The molecule has 2 aromatic rings. The molecule has 2 rings (SSSR count). The molecule has 1 heterocycles. The van der Waals surface area contributed by atoms with Crippen molar-refractivity contribution in [1.82, 2.24) is 4.98 Å². The number of halogens is 4. The van der Waals surface area contributed by atoms with Gasteiger partial charge in [0.2, 0.25) is 0 Å². The molecule has 0 spiro atoms. The van der Waals surface area contributed by atoms with Gasteiger partial charge in [-0.05, 0) is 30.7 Å². The molecule has 0 unspecified atom stereocenters. The van der Waals surface area contributed by atoms with Crippen LogP contribution in [0, 0.1) is 24.5 Å². The SMILES string of the molecule is Cc1cc(Oc2nc(F)c(F)cc2F)ccc1Br. The average molecular weight is 318 g/mol. The van der Waals surface area contributed by atoms with Gasteiger partial charge in [0.15, 0.2) is 11.6 Å². The summed E-state index contributed by atoms with van der Waals surface area (Å²) < 4.78 is 44.8. The Bertz CT molecular complexity index is 604. The molecule has 0 saturated heterocycles. The first kappa shape index (κ1) is 12.9. The predicted molar refractivity (Wildman–Crippen MR) is 63.1 cm³/mol. The summed E-state index contributed by atoms with van der Waals surface area (Å²) in [5, 5.41) is 0. The minimum absolute atomic E-state index is 0.285. The van der Waals surface area contributed by atoms with Crippen LogP contribution in [0.3, 0.4) is 0 Å².